The number of carbonyl (C=O) groups excluding carboxylic acids is 1. The number of hydrogen-bond donors (Lipinski definition) is 1. The molecular weight excluding hydrogens is 386 g/mol. The van der Waals surface area contributed by atoms with Crippen molar-refractivity contribution < 1.29 is 14.3 Å². The SMILES string of the molecule is C#CCOc1c(Cl)cc(/C=c2/s/c(=C/C(=O)C(C)(C)C)[nH]c2=O)cc1OC. The zero-order valence-corrected chi connectivity index (χ0v) is 17.1. The van der Waals surface area contributed by atoms with Crippen LogP contribution < -0.4 is 24.2 Å². The number of nitrogens with one attached hydrogen (secondary N) is 1. The third-order valence-electron chi connectivity index (χ3n) is 3.53. The number of aromatic amines is 1. The number of ether oxygens (including phenoxy) is 2. The van der Waals surface area contributed by atoms with Crippen molar-refractivity contribution in [3.05, 3.63) is 42.3 Å². The van der Waals surface area contributed by atoms with Crippen LogP contribution in [0.25, 0.3) is 12.2 Å². The van der Waals surface area contributed by atoms with E-state index < -0.39 is 5.41 Å². The van der Waals surface area contributed by atoms with Crippen molar-refractivity contribution in [1.82, 2.24) is 4.98 Å². The fraction of sp³-hybridized carbons (Fsp3) is 0.300. The molecule has 1 aromatic carbocycles. The molecule has 0 saturated heterocycles. The lowest BCUT2D eigenvalue weighted by molar-refractivity contribution is -0.119. The van der Waals surface area contributed by atoms with Gasteiger partial charge in [-0.2, -0.15) is 0 Å². The third kappa shape index (κ3) is 5.25. The first-order valence-electron chi connectivity index (χ1n) is 8.06. The quantitative estimate of drug-likeness (QED) is 0.775. The normalized spacial score (nSPS) is 12.7. The number of aromatic nitrogens is 1. The molecule has 0 atom stereocenters. The van der Waals surface area contributed by atoms with Gasteiger partial charge in [-0.3, -0.25) is 9.59 Å². The predicted molar refractivity (Wildman–Crippen MR) is 109 cm³/mol. The Morgan fingerprint density at radius 2 is 2.11 bits per heavy atom. The van der Waals surface area contributed by atoms with Gasteiger partial charge in [-0.15, -0.1) is 17.8 Å². The predicted octanol–water partition coefficient (Wildman–Crippen LogP) is 2.33. The highest BCUT2D eigenvalue weighted by Gasteiger charge is 2.18. The first kappa shape index (κ1) is 20.8. The molecule has 1 aromatic heterocycles. The topological polar surface area (TPSA) is 68.4 Å². The number of benzene rings is 1. The standard InChI is InChI=1S/C20H20ClNO4S/c1-6-7-26-18-13(21)8-12(9-14(18)25-5)10-15-19(24)22-17(27-15)11-16(23)20(2,3)4/h1,8-11H,7H2,2-5H3,(H,22,24)/b15-10+,17-11+. The summed E-state index contributed by atoms with van der Waals surface area (Å²) in [4.78, 5) is 27.0. The van der Waals surface area contributed by atoms with Crippen LogP contribution in [0.3, 0.4) is 0 Å². The maximum atomic E-state index is 12.2. The minimum absolute atomic E-state index is 0.0603. The van der Waals surface area contributed by atoms with Crippen molar-refractivity contribution in [1.29, 1.82) is 0 Å². The summed E-state index contributed by atoms with van der Waals surface area (Å²) in [6.07, 6.45) is 8.32. The Labute approximate surface area is 166 Å². The molecule has 0 aliphatic carbocycles. The van der Waals surface area contributed by atoms with Crippen LogP contribution in [0.1, 0.15) is 26.3 Å². The van der Waals surface area contributed by atoms with E-state index >= 15 is 0 Å². The summed E-state index contributed by atoms with van der Waals surface area (Å²) in [7, 11) is 1.49. The summed E-state index contributed by atoms with van der Waals surface area (Å²) in [5, 5.41) is 0.318. The van der Waals surface area contributed by atoms with Gasteiger partial charge in [0.05, 0.1) is 21.3 Å². The first-order chi connectivity index (χ1) is 12.7. The summed E-state index contributed by atoms with van der Waals surface area (Å²) in [6.45, 7) is 5.53. The molecule has 1 heterocycles. The number of halogens is 1. The summed E-state index contributed by atoms with van der Waals surface area (Å²) >= 11 is 7.45. The van der Waals surface area contributed by atoms with Crippen molar-refractivity contribution in [2.45, 2.75) is 20.8 Å². The van der Waals surface area contributed by atoms with Crippen LogP contribution in [-0.4, -0.2) is 24.5 Å². The maximum absolute atomic E-state index is 12.2. The van der Waals surface area contributed by atoms with Crippen LogP contribution in [-0.2, 0) is 4.79 Å². The molecular formula is C20H20ClNO4S. The van der Waals surface area contributed by atoms with Crippen molar-refractivity contribution >= 4 is 40.9 Å². The molecule has 142 valence electrons. The van der Waals surface area contributed by atoms with E-state index in [1.54, 1.807) is 18.2 Å². The highest BCUT2D eigenvalue weighted by atomic mass is 35.5. The number of rotatable bonds is 5. The van der Waals surface area contributed by atoms with Crippen molar-refractivity contribution in [2.75, 3.05) is 13.7 Å². The zero-order valence-electron chi connectivity index (χ0n) is 15.5. The molecule has 27 heavy (non-hydrogen) atoms. The summed E-state index contributed by atoms with van der Waals surface area (Å²) < 4.78 is 11.6. The number of ketones is 1. The van der Waals surface area contributed by atoms with Gasteiger partial charge in [-0.25, -0.2) is 0 Å². The number of Topliss-reactive ketones (excluding diaryl/α,β-unsaturated/α-hetero) is 1. The van der Waals surface area contributed by atoms with E-state index in [0.717, 1.165) is 0 Å². The van der Waals surface area contributed by atoms with Crippen LogP contribution in [0, 0.1) is 17.8 Å². The molecule has 0 amide bonds. The molecule has 0 saturated carbocycles. The summed E-state index contributed by atoms with van der Waals surface area (Å²) in [5.41, 5.74) is -0.137. The second-order valence-corrected chi connectivity index (χ2v) is 8.21. The number of hydrogen-bond acceptors (Lipinski definition) is 5. The Hall–Kier alpha value is -2.49. The van der Waals surface area contributed by atoms with E-state index in [4.69, 9.17) is 27.5 Å². The van der Waals surface area contributed by atoms with Crippen LogP contribution in [0.2, 0.25) is 5.02 Å². The lowest BCUT2D eigenvalue weighted by Crippen LogP contribution is -2.22. The number of carbonyl (C=O) groups is 1. The number of methoxy groups -OCH3 is 1. The van der Waals surface area contributed by atoms with E-state index in [-0.39, 0.29) is 17.9 Å². The Morgan fingerprint density at radius 3 is 2.70 bits per heavy atom. The Morgan fingerprint density at radius 1 is 1.41 bits per heavy atom. The van der Waals surface area contributed by atoms with Gasteiger partial charge in [0.25, 0.3) is 5.56 Å². The maximum Gasteiger partial charge on any atom is 0.266 e. The Bertz CT molecular complexity index is 1070. The Balaban J connectivity index is 2.50. The molecule has 5 nitrogen and oxygen atoms in total. The minimum Gasteiger partial charge on any atom is -0.493 e. The molecule has 2 rings (SSSR count). The molecule has 0 unspecified atom stereocenters. The average molecular weight is 406 g/mol. The molecule has 0 radical (unpaired) electrons. The van der Waals surface area contributed by atoms with E-state index in [1.807, 2.05) is 20.8 Å². The minimum atomic E-state index is -0.514. The van der Waals surface area contributed by atoms with Crippen LogP contribution in [0.4, 0.5) is 0 Å². The largest absolute Gasteiger partial charge is 0.493 e. The molecule has 0 fully saturated rings. The molecule has 2 aromatic rings. The lowest BCUT2D eigenvalue weighted by atomic mass is 9.91. The van der Waals surface area contributed by atoms with Crippen molar-refractivity contribution in [2.24, 2.45) is 5.41 Å². The number of H-pyrrole nitrogens is 1. The summed E-state index contributed by atoms with van der Waals surface area (Å²) in [5.74, 6) is 3.06. The van der Waals surface area contributed by atoms with E-state index in [1.165, 1.54) is 24.5 Å². The zero-order chi connectivity index (χ0) is 20.2. The smallest absolute Gasteiger partial charge is 0.266 e. The first-order valence-corrected chi connectivity index (χ1v) is 9.26. The van der Waals surface area contributed by atoms with Crippen LogP contribution in [0.15, 0.2) is 16.9 Å². The number of thiazole rings is 1. The highest BCUT2D eigenvalue weighted by molar-refractivity contribution is 7.07. The fourth-order valence-electron chi connectivity index (χ4n) is 2.09. The second-order valence-electron chi connectivity index (χ2n) is 6.71. The van der Waals surface area contributed by atoms with Gasteiger partial charge in [0.1, 0.15) is 6.61 Å². The van der Waals surface area contributed by atoms with Gasteiger partial charge in [0.15, 0.2) is 17.3 Å². The molecule has 0 aliphatic heterocycles. The van der Waals surface area contributed by atoms with Crippen molar-refractivity contribution in [3.8, 4) is 23.8 Å². The second kappa shape index (κ2) is 8.47. The van der Waals surface area contributed by atoms with E-state index in [0.29, 0.717) is 31.3 Å². The Kier molecular flexibility index (Phi) is 6.53. The number of terminal acetylenes is 1. The van der Waals surface area contributed by atoms with E-state index in [9.17, 15) is 9.59 Å². The van der Waals surface area contributed by atoms with Gasteiger partial charge < -0.3 is 14.5 Å². The molecule has 0 aliphatic rings. The van der Waals surface area contributed by atoms with Gasteiger partial charge in [0.2, 0.25) is 0 Å². The monoisotopic (exact) mass is 405 g/mol. The molecule has 1 N–H and O–H groups in total. The summed E-state index contributed by atoms with van der Waals surface area (Å²) in [6, 6.07) is 3.35. The lowest BCUT2D eigenvalue weighted by Gasteiger charge is -2.12. The molecule has 0 spiro atoms. The molecule has 7 heteroatoms. The van der Waals surface area contributed by atoms with Gasteiger partial charge in [0, 0.05) is 11.5 Å². The van der Waals surface area contributed by atoms with Gasteiger partial charge in [-0.05, 0) is 23.8 Å². The van der Waals surface area contributed by atoms with Crippen LogP contribution >= 0.6 is 22.9 Å². The fourth-order valence-corrected chi connectivity index (χ4v) is 3.25. The highest BCUT2D eigenvalue weighted by Crippen LogP contribution is 2.36. The van der Waals surface area contributed by atoms with Gasteiger partial charge >= 0.3 is 0 Å². The third-order valence-corrected chi connectivity index (χ3v) is 4.77. The van der Waals surface area contributed by atoms with Gasteiger partial charge in [-0.1, -0.05) is 38.3 Å². The molecule has 0 bridgehead atoms. The average Bonchev–Trinajstić information content (AvgIpc) is 2.91. The van der Waals surface area contributed by atoms with Crippen molar-refractivity contribution in [3.63, 3.8) is 0 Å². The van der Waals surface area contributed by atoms with Crippen LogP contribution in [0.5, 0.6) is 11.5 Å². The van der Waals surface area contributed by atoms with E-state index in [2.05, 4.69) is 10.9 Å².